The first kappa shape index (κ1) is 18.6. The standard InChI is InChI=1S/C22H23N5O3/c1-29-16-10-15(11-17(12-16)30-2)26-9-8-19-18(21(26)28)13-23-22-24-20(25-27(19)22)14-6-4-3-5-7-14/h8-14H,3-7H2,1-2H3. The highest BCUT2D eigenvalue weighted by atomic mass is 16.5. The summed E-state index contributed by atoms with van der Waals surface area (Å²) in [6, 6.07) is 7.22. The van der Waals surface area contributed by atoms with Crippen molar-refractivity contribution in [3.63, 3.8) is 0 Å². The molecule has 1 aliphatic rings. The Morgan fingerprint density at radius 2 is 1.77 bits per heavy atom. The molecule has 0 radical (unpaired) electrons. The van der Waals surface area contributed by atoms with Crippen molar-refractivity contribution in [2.45, 2.75) is 38.0 Å². The third kappa shape index (κ3) is 3.08. The smallest absolute Gasteiger partial charge is 0.266 e. The average molecular weight is 405 g/mol. The molecule has 1 aliphatic carbocycles. The number of aromatic nitrogens is 5. The highest BCUT2D eigenvalue weighted by molar-refractivity contribution is 5.79. The minimum absolute atomic E-state index is 0.188. The molecule has 3 heterocycles. The Kier molecular flexibility index (Phi) is 4.61. The molecular weight excluding hydrogens is 382 g/mol. The summed E-state index contributed by atoms with van der Waals surface area (Å²) in [6.07, 6.45) is 9.24. The minimum atomic E-state index is -0.188. The van der Waals surface area contributed by atoms with E-state index in [1.165, 1.54) is 19.3 Å². The van der Waals surface area contributed by atoms with Gasteiger partial charge in [-0.3, -0.25) is 9.36 Å². The van der Waals surface area contributed by atoms with Gasteiger partial charge in [0.25, 0.3) is 11.3 Å². The number of ether oxygens (including phenoxy) is 2. The van der Waals surface area contributed by atoms with Gasteiger partial charge in [-0.1, -0.05) is 19.3 Å². The van der Waals surface area contributed by atoms with Gasteiger partial charge >= 0.3 is 0 Å². The van der Waals surface area contributed by atoms with E-state index in [9.17, 15) is 4.79 Å². The first-order valence-electron chi connectivity index (χ1n) is 10.2. The van der Waals surface area contributed by atoms with E-state index in [4.69, 9.17) is 14.6 Å². The largest absolute Gasteiger partial charge is 0.497 e. The number of hydrogen-bond donors (Lipinski definition) is 0. The third-order valence-electron chi connectivity index (χ3n) is 5.84. The molecule has 30 heavy (non-hydrogen) atoms. The molecule has 0 N–H and O–H groups in total. The fourth-order valence-electron chi connectivity index (χ4n) is 4.20. The summed E-state index contributed by atoms with van der Waals surface area (Å²) < 4.78 is 13.9. The number of methoxy groups -OCH3 is 2. The maximum absolute atomic E-state index is 13.3. The van der Waals surface area contributed by atoms with Gasteiger partial charge in [0.05, 0.1) is 30.8 Å². The lowest BCUT2D eigenvalue weighted by atomic mass is 9.89. The minimum Gasteiger partial charge on any atom is -0.497 e. The molecule has 5 rings (SSSR count). The molecular formula is C22H23N5O3. The zero-order valence-electron chi connectivity index (χ0n) is 17.0. The Labute approximate surface area is 173 Å². The van der Waals surface area contributed by atoms with Crippen LogP contribution in [0.4, 0.5) is 0 Å². The lowest BCUT2D eigenvalue weighted by Crippen LogP contribution is -2.19. The van der Waals surface area contributed by atoms with E-state index in [1.807, 2.05) is 6.07 Å². The van der Waals surface area contributed by atoms with E-state index in [0.29, 0.717) is 39.8 Å². The van der Waals surface area contributed by atoms with Gasteiger partial charge in [0, 0.05) is 36.5 Å². The molecule has 3 aromatic heterocycles. The van der Waals surface area contributed by atoms with Crippen LogP contribution in [0.3, 0.4) is 0 Å². The molecule has 1 saturated carbocycles. The monoisotopic (exact) mass is 405 g/mol. The second kappa shape index (κ2) is 7.44. The molecule has 1 aromatic carbocycles. The fourth-order valence-corrected chi connectivity index (χ4v) is 4.20. The lowest BCUT2D eigenvalue weighted by molar-refractivity contribution is 0.394. The Morgan fingerprint density at radius 1 is 1.03 bits per heavy atom. The zero-order valence-corrected chi connectivity index (χ0v) is 17.0. The summed E-state index contributed by atoms with van der Waals surface area (Å²) in [4.78, 5) is 22.3. The second-order valence-corrected chi connectivity index (χ2v) is 7.64. The topological polar surface area (TPSA) is 83.5 Å². The van der Waals surface area contributed by atoms with E-state index in [1.54, 1.807) is 53.9 Å². The molecule has 0 aliphatic heterocycles. The molecule has 8 heteroatoms. The van der Waals surface area contributed by atoms with Crippen LogP contribution >= 0.6 is 0 Å². The van der Waals surface area contributed by atoms with Crippen molar-refractivity contribution in [2.75, 3.05) is 14.2 Å². The van der Waals surface area contributed by atoms with Crippen LogP contribution in [-0.4, -0.2) is 38.4 Å². The van der Waals surface area contributed by atoms with Gasteiger partial charge in [-0.2, -0.15) is 9.50 Å². The molecule has 0 unspecified atom stereocenters. The molecule has 154 valence electrons. The normalized spacial score (nSPS) is 15.0. The summed E-state index contributed by atoms with van der Waals surface area (Å²) in [5, 5.41) is 5.20. The first-order chi connectivity index (χ1) is 14.7. The summed E-state index contributed by atoms with van der Waals surface area (Å²) >= 11 is 0. The Morgan fingerprint density at radius 3 is 2.47 bits per heavy atom. The first-order valence-corrected chi connectivity index (χ1v) is 10.2. The van der Waals surface area contributed by atoms with Crippen LogP contribution in [0.5, 0.6) is 11.5 Å². The number of fused-ring (bicyclic) bond motifs is 3. The van der Waals surface area contributed by atoms with E-state index in [2.05, 4.69) is 9.97 Å². The fraction of sp³-hybridized carbons (Fsp3) is 0.364. The molecule has 4 aromatic rings. The molecule has 0 saturated heterocycles. The SMILES string of the molecule is COc1cc(OC)cc(-n2ccc3c(cnc4nc(C5CCCCC5)nn43)c2=O)c1. The maximum atomic E-state index is 13.3. The second-order valence-electron chi connectivity index (χ2n) is 7.64. The van der Waals surface area contributed by atoms with E-state index in [0.717, 1.165) is 18.7 Å². The van der Waals surface area contributed by atoms with Crippen molar-refractivity contribution in [3.05, 3.63) is 52.8 Å². The Hall–Kier alpha value is -3.42. The van der Waals surface area contributed by atoms with Crippen molar-refractivity contribution in [1.82, 2.24) is 24.1 Å². The van der Waals surface area contributed by atoms with Crippen molar-refractivity contribution in [1.29, 1.82) is 0 Å². The summed E-state index contributed by atoms with van der Waals surface area (Å²) in [7, 11) is 3.16. The molecule has 0 atom stereocenters. The van der Waals surface area contributed by atoms with Crippen LogP contribution in [0.1, 0.15) is 43.8 Å². The number of hydrogen-bond acceptors (Lipinski definition) is 6. The molecule has 0 amide bonds. The van der Waals surface area contributed by atoms with Crippen LogP contribution in [0.25, 0.3) is 22.4 Å². The van der Waals surface area contributed by atoms with E-state index in [-0.39, 0.29) is 5.56 Å². The van der Waals surface area contributed by atoms with Crippen molar-refractivity contribution in [3.8, 4) is 17.2 Å². The molecule has 1 fully saturated rings. The zero-order chi connectivity index (χ0) is 20.7. The molecule has 8 nitrogen and oxygen atoms in total. The number of pyridine rings is 1. The highest BCUT2D eigenvalue weighted by Gasteiger charge is 2.21. The van der Waals surface area contributed by atoms with Gasteiger partial charge in [0.2, 0.25) is 0 Å². The number of rotatable bonds is 4. The summed E-state index contributed by atoms with van der Waals surface area (Å²) in [6.45, 7) is 0. The molecule has 0 spiro atoms. The predicted molar refractivity (Wildman–Crippen MR) is 113 cm³/mol. The third-order valence-corrected chi connectivity index (χ3v) is 5.84. The van der Waals surface area contributed by atoms with Crippen LogP contribution < -0.4 is 15.0 Å². The average Bonchev–Trinajstić information content (AvgIpc) is 3.24. The summed E-state index contributed by atoms with van der Waals surface area (Å²) in [5.41, 5.74) is 1.16. The predicted octanol–water partition coefficient (Wildman–Crippen LogP) is 3.49. The van der Waals surface area contributed by atoms with Gasteiger partial charge in [-0.15, -0.1) is 5.10 Å². The highest BCUT2D eigenvalue weighted by Crippen LogP contribution is 2.31. The van der Waals surface area contributed by atoms with Crippen LogP contribution in [0.2, 0.25) is 0 Å². The van der Waals surface area contributed by atoms with Gasteiger partial charge in [-0.05, 0) is 18.9 Å². The summed E-state index contributed by atoms with van der Waals surface area (Å²) in [5.74, 6) is 2.96. The van der Waals surface area contributed by atoms with Crippen LogP contribution in [0.15, 0.2) is 41.5 Å². The lowest BCUT2D eigenvalue weighted by Gasteiger charge is -2.17. The van der Waals surface area contributed by atoms with Crippen molar-refractivity contribution < 1.29 is 9.47 Å². The van der Waals surface area contributed by atoms with Crippen molar-refractivity contribution >= 4 is 16.7 Å². The van der Waals surface area contributed by atoms with Gasteiger partial charge in [0.1, 0.15) is 11.5 Å². The van der Waals surface area contributed by atoms with Gasteiger partial charge in [-0.25, -0.2) is 4.98 Å². The number of benzene rings is 1. The Bertz CT molecular complexity index is 1270. The molecule has 0 bridgehead atoms. The number of nitrogens with zero attached hydrogens (tertiary/aromatic N) is 5. The maximum Gasteiger partial charge on any atom is 0.266 e. The van der Waals surface area contributed by atoms with Crippen molar-refractivity contribution in [2.24, 2.45) is 0 Å². The van der Waals surface area contributed by atoms with Crippen LogP contribution in [0, 0.1) is 0 Å². The Balaban J connectivity index is 1.64. The van der Waals surface area contributed by atoms with E-state index >= 15 is 0 Å². The van der Waals surface area contributed by atoms with Gasteiger partial charge < -0.3 is 9.47 Å². The van der Waals surface area contributed by atoms with Gasteiger partial charge in [0.15, 0.2) is 5.82 Å². The van der Waals surface area contributed by atoms with Crippen LogP contribution in [-0.2, 0) is 0 Å². The van der Waals surface area contributed by atoms with E-state index < -0.39 is 0 Å². The quantitative estimate of drug-likeness (QED) is 0.517.